The fourth-order valence-electron chi connectivity index (χ4n) is 3.39. The van der Waals surface area contributed by atoms with E-state index in [0.29, 0.717) is 18.9 Å². The van der Waals surface area contributed by atoms with E-state index < -0.39 is 6.10 Å². The first-order chi connectivity index (χ1) is 11.2. The number of hydrogen-bond donors (Lipinski definition) is 3. The van der Waals surface area contributed by atoms with Gasteiger partial charge < -0.3 is 20.1 Å². The van der Waals surface area contributed by atoms with Crippen molar-refractivity contribution < 1.29 is 14.6 Å². The molecule has 5 nitrogen and oxygen atoms in total. The minimum atomic E-state index is -0.426. The summed E-state index contributed by atoms with van der Waals surface area (Å²) in [6.07, 6.45) is 6.24. The summed E-state index contributed by atoms with van der Waals surface area (Å²) in [4.78, 5) is 15.3. The quantitative estimate of drug-likeness (QED) is 0.766. The van der Waals surface area contributed by atoms with Crippen molar-refractivity contribution in [2.45, 2.75) is 38.2 Å². The smallest absolute Gasteiger partial charge is 0.224 e. The third-order valence-electron chi connectivity index (χ3n) is 4.78. The SMILES string of the molecule is COc1ccc2[nH]cc(CC(=O)NCC(O)C3CCCC3)c2c1. The number of aliphatic hydroxyl groups is 1. The van der Waals surface area contributed by atoms with Crippen molar-refractivity contribution in [3.05, 3.63) is 30.0 Å². The van der Waals surface area contributed by atoms with Crippen LogP contribution in [0.25, 0.3) is 10.9 Å². The molecule has 5 heteroatoms. The lowest BCUT2D eigenvalue weighted by Crippen LogP contribution is -2.36. The highest BCUT2D eigenvalue weighted by Crippen LogP contribution is 2.27. The number of methoxy groups -OCH3 is 1. The third kappa shape index (κ3) is 3.67. The zero-order valence-electron chi connectivity index (χ0n) is 13.5. The maximum atomic E-state index is 12.2. The summed E-state index contributed by atoms with van der Waals surface area (Å²) in [6, 6.07) is 5.77. The number of benzene rings is 1. The number of aromatic amines is 1. The van der Waals surface area contributed by atoms with E-state index in [1.807, 2.05) is 24.4 Å². The Bertz CT molecular complexity index is 674. The Hall–Kier alpha value is -2.01. The van der Waals surface area contributed by atoms with Crippen molar-refractivity contribution in [2.75, 3.05) is 13.7 Å². The molecule has 1 heterocycles. The second kappa shape index (κ2) is 7.04. The number of nitrogens with one attached hydrogen (secondary N) is 2. The van der Waals surface area contributed by atoms with Gasteiger partial charge in [0.05, 0.1) is 19.6 Å². The molecule has 0 aliphatic heterocycles. The molecule has 1 atom stereocenters. The van der Waals surface area contributed by atoms with Crippen molar-refractivity contribution in [3.8, 4) is 5.75 Å². The van der Waals surface area contributed by atoms with Crippen LogP contribution in [0.2, 0.25) is 0 Å². The van der Waals surface area contributed by atoms with Gasteiger partial charge in [-0.1, -0.05) is 12.8 Å². The Kier molecular flexibility index (Phi) is 4.86. The van der Waals surface area contributed by atoms with E-state index in [9.17, 15) is 9.90 Å². The molecular formula is C18H24N2O3. The second-order valence-electron chi connectivity index (χ2n) is 6.32. The number of ether oxygens (including phenoxy) is 1. The van der Waals surface area contributed by atoms with Crippen LogP contribution < -0.4 is 10.1 Å². The third-order valence-corrected chi connectivity index (χ3v) is 4.78. The predicted octanol–water partition coefficient (Wildman–Crippen LogP) is 2.39. The zero-order valence-corrected chi connectivity index (χ0v) is 13.5. The van der Waals surface area contributed by atoms with Crippen molar-refractivity contribution in [3.63, 3.8) is 0 Å². The van der Waals surface area contributed by atoms with Gasteiger partial charge in [0.1, 0.15) is 5.75 Å². The largest absolute Gasteiger partial charge is 0.497 e. The van der Waals surface area contributed by atoms with Gasteiger partial charge in [0, 0.05) is 23.6 Å². The normalized spacial score (nSPS) is 16.6. The van der Waals surface area contributed by atoms with Crippen molar-refractivity contribution in [1.82, 2.24) is 10.3 Å². The van der Waals surface area contributed by atoms with Crippen molar-refractivity contribution >= 4 is 16.8 Å². The molecule has 1 aliphatic rings. The molecule has 2 aromatic rings. The molecule has 0 spiro atoms. The molecule has 1 fully saturated rings. The van der Waals surface area contributed by atoms with Gasteiger partial charge in [0.15, 0.2) is 0 Å². The Balaban J connectivity index is 1.59. The molecule has 3 N–H and O–H groups in total. The fraction of sp³-hybridized carbons (Fsp3) is 0.500. The van der Waals surface area contributed by atoms with Gasteiger partial charge in [-0.15, -0.1) is 0 Å². The van der Waals surface area contributed by atoms with Crippen molar-refractivity contribution in [1.29, 1.82) is 0 Å². The summed E-state index contributed by atoms with van der Waals surface area (Å²) in [6.45, 7) is 0.342. The van der Waals surface area contributed by atoms with E-state index in [1.54, 1.807) is 7.11 Å². The summed E-state index contributed by atoms with van der Waals surface area (Å²) in [5, 5.41) is 14.0. The molecule has 3 rings (SSSR count). The number of rotatable bonds is 6. The number of carbonyl (C=O) groups is 1. The first-order valence-electron chi connectivity index (χ1n) is 8.26. The fourth-order valence-corrected chi connectivity index (χ4v) is 3.39. The maximum Gasteiger partial charge on any atom is 0.224 e. The number of aliphatic hydroxyl groups excluding tert-OH is 1. The molecular weight excluding hydrogens is 292 g/mol. The summed E-state index contributed by atoms with van der Waals surface area (Å²) in [5.41, 5.74) is 1.92. The number of carbonyl (C=O) groups excluding carboxylic acids is 1. The summed E-state index contributed by atoms with van der Waals surface area (Å²) >= 11 is 0. The van der Waals surface area contributed by atoms with E-state index in [2.05, 4.69) is 10.3 Å². The lowest BCUT2D eigenvalue weighted by molar-refractivity contribution is -0.121. The molecule has 124 valence electrons. The van der Waals surface area contributed by atoms with E-state index >= 15 is 0 Å². The van der Waals surface area contributed by atoms with Crippen LogP contribution in [0, 0.1) is 5.92 Å². The van der Waals surface area contributed by atoms with Crippen LogP contribution in [0.1, 0.15) is 31.2 Å². The average Bonchev–Trinajstić information content (AvgIpc) is 3.22. The molecule has 1 aromatic carbocycles. The molecule has 0 radical (unpaired) electrons. The standard InChI is InChI=1S/C18H24N2O3/c1-23-14-6-7-16-15(9-14)13(10-19-16)8-18(22)20-11-17(21)12-4-2-3-5-12/h6-7,9-10,12,17,19,21H,2-5,8,11H2,1H3,(H,20,22). The number of amides is 1. The second-order valence-corrected chi connectivity index (χ2v) is 6.32. The lowest BCUT2D eigenvalue weighted by atomic mass is 10.0. The molecule has 1 saturated carbocycles. The highest BCUT2D eigenvalue weighted by Gasteiger charge is 2.23. The topological polar surface area (TPSA) is 74.4 Å². The molecule has 0 saturated heterocycles. The zero-order chi connectivity index (χ0) is 16.2. The molecule has 23 heavy (non-hydrogen) atoms. The maximum absolute atomic E-state index is 12.2. The van der Waals surface area contributed by atoms with Gasteiger partial charge in [0.25, 0.3) is 0 Å². The minimum absolute atomic E-state index is 0.0641. The Morgan fingerprint density at radius 1 is 1.43 bits per heavy atom. The van der Waals surface area contributed by atoms with Crippen LogP contribution in [0.5, 0.6) is 5.75 Å². The summed E-state index contributed by atoms with van der Waals surface area (Å²) < 4.78 is 5.24. The first-order valence-corrected chi connectivity index (χ1v) is 8.26. The number of aromatic nitrogens is 1. The molecule has 1 aliphatic carbocycles. The number of hydrogen-bond acceptors (Lipinski definition) is 3. The predicted molar refractivity (Wildman–Crippen MR) is 89.5 cm³/mol. The number of fused-ring (bicyclic) bond motifs is 1. The summed E-state index contributed by atoms with van der Waals surface area (Å²) in [5.74, 6) is 1.05. The Morgan fingerprint density at radius 2 is 2.22 bits per heavy atom. The van der Waals surface area contributed by atoms with E-state index in [0.717, 1.165) is 35.1 Å². The van der Waals surface area contributed by atoms with Crippen LogP contribution >= 0.6 is 0 Å². The van der Waals surface area contributed by atoms with Crippen molar-refractivity contribution in [2.24, 2.45) is 5.92 Å². The molecule has 0 bridgehead atoms. The van der Waals surface area contributed by atoms with Gasteiger partial charge in [-0.2, -0.15) is 0 Å². The van der Waals surface area contributed by atoms with Gasteiger partial charge in [-0.05, 0) is 42.5 Å². The highest BCUT2D eigenvalue weighted by atomic mass is 16.5. The number of H-pyrrole nitrogens is 1. The van der Waals surface area contributed by atoms with E-state index in [1.165, 1.54) is 12.8 Å². The van der Waals surface area contributed by atoms with Crippen LogP contribution in [-0.4, -0.2) is 35.8 Å². The van der Waals surface area contributed by atoms with Crippen LogP contribution in [0.3, 0.4) is 0 Å². The Morgan fingerprint density at radius 3 is 2.96 bits per heavy atom. The minimum Gasteiger partial charge on any atom is -0.497 e. The van der Waals surface area contributed by atoms with Gasteiger partial charge in [0.2, 0.25) is 5.91 Å². The van der Waals surface area contributed by atoms with Crippen LogP contribution in [0.15, 0.2) is 24.4 Å². The molecule has 1 unspecified atom stereocenters. The summed E-state index contributed by atoms with van der Waals surface area (Å²) in [7, 11) is 1.63. The van der Waals surface area contributed by atoms with E-state index in [-0.39, 0.29) is 5.91 Å². The molecule has 1 amide bonds. The van der Waals surface area contributed by atoms with E-state index in [4.69, 9.17) is 4.74 Å². The molecule has 1 aromatic heterocycles. The lowest BCUT2D eigenvalue weighted by Gasteiger charge is -2.18. The van der Waals surface area contributed by atoms with Gasteiger partial charge in [-0.3, -0.25) is 4.79 Å². The van der Waals surface area contributed by atoms with Gasteiger partial charge >= 0.3 is 0 Å². The van der Waals surface area contributed by atoms with Gasteiger partial charge in [-0.25, -0.2) is 0 Å². The first kappa shape index (κ1) is 15.9. The highest BCUT2D eigenvalue weighted by molar-refractivity contribution is 5.89. The van der Waals surface area contributed by atoms with Crippen LogP contribution in [-0.2, 0) is 11.2 Å². The Labute approximate surface area is 136 Å². The monoisotopic (exact) mass is 316 g/mol. The van der Waals surface area contributed by atoms with Crippen LogP contribution in [0.4, 0.5) is 0 Å². The average molecular weight is 316 g/mol.